The lowest BCUT2D eigenvalue weighted by Gasteiger charge is -2.18. The number of benzene rings is 1. The van der Waals surface area contributed by atoms with Crippen molar-refractivity contribution in [1.29, 1.82) is 0 Å². The largest absolute Gasteiger partial charge is 0.318 e. The molecule has 4 heteroatoms. The second-order valence-corrected chi connectivity index (χ2v) is 6.42. The van der Waals surface area contributed by atoms with E-state index in [0.717, 1.165) is 35.7 Å². The van der Waals surface area contributed by atoms with Crippen LogP contribution in [-0.2, 0) is 0 Å². The zero-order chi connectivity index (χ0) is 17.0. The van der Waals surface area contributed by atoms with Gasteiger partial charge in [-0.2, -0.15) is 0 Å². The fourth-order valence-electron chi connectivity index (χ4n) is 2.80. The van der Waals surface area contributed by atoms with Gasteiger partial charge >= 0.3 is 0 Å². The predicted octanol–water partition coefficient (Wildman–Crippen LogP) is 2.77. The third kappa shape index (κ3) is 4.30. The van der Waals surface area contributed by atoms with Crippen LogP contribution in [0.3, 0.4) is 0 Å². The number of hydrogen-bond donors (Lipinski definition) is 0. The van der Waals surface area contributed by atoms with Crippen molar-refractivity contribution in [2.75, 3.05) is 40.8 Å². The Bertz CT molecular complexity index is 659. The number of ketones is 1. The Hall–Kier alpha value is -1.91. The minimum absolute atomic E-state index is 0.182. The topological polar surface area (TPSA) is 28.5 Å². The van der Waals surface area contributed by atoms with Gasteiger partial charge in [-0.25, -0.2) is 0 Å². The van der Waals surface area contributed by atoms with Crippen LogP contribution in [0.5, 0.6) is 0 Å². The van der Waals surface area contributed by atoms with Crippen LogP contribution in [0.4, 0.5) is 0 Å². The summed E-state index contributed by atoms with van der Waals surface area (Å²) < 4.78 is 2.15. The van der Waals surface area contributed by atoms with Gasteiger partial charge in [0.1, 0.15) is 0 Å². The number of carbonyl (C=O) groups is 1. The molecule has 0 bridgehead atoms. The first-order valence-electron chi connectivity index (χ1n) is 8.01. The fraction of sp³-hybridized carbons (Fsp3) is 0.421. The number of likely N-dealkylation sites (N-methyl/N-ethyl adjacent to an activating group) is 2. The van der Waals surface area contributed by atoms with Gasteiger partial charge in [-0.15, -0.1) is 0 Å². The summed E-state index contributed by atoms with van der Waals surface area (Å²) in [5.41, 5.74) is 4.03. The quantitative estimate of drug-likeness (QED) is 0.736. The van der Waals surface area contributed by atoms with Gasteiger partial charge in [-0.1, -0.05) is 18.2 Å². The summed E-state index contributed by atoms with van der Waals surface area (Å²) in [5, 5.41) is 0. The van der Waals surface area contributed by atoms with Crippen LogP contribution in [0.2, 0.25) is 0 Å². The van der Waals surface area contributed by atoms with E-state index in [1.807, 2.05) is 59.3 Å². The molecule has 2 aromatic rings. The van der Waals surface area contributed by atoms with Crippen molar-refractivity contribution >= 4 is 5.78 Å². The van der Waals surface area contributed by atoms with E-state index in [1.165, 1.54) is 0 Å². The van der Waals surface area contributed by atoms with Gasteiger partial charge in [0.15, 0.2) is 5.78 Å². The lowest BCUT2D eigenvalue weighted by molar-refractivity contribution is 0.0942. The maximum atomic E-state index is 12.6. The van der Waals surface area contributed by atoms with Crippen LogP contribution in [0, 0.1) is 13.8 Å². The number of aryl methyl sites for hydroxylation is 1. The first-order valence-corrected chi connectivity index (χ1v) is 8.01. The minimum Gasteiger partial charge on any atom is -0.318 e. The molecule has 0 unspecified atom stereocenters. The van der Waals surface area contributed by atoms with E-state index in [2.05, 4.69) is 26.5 Å². The highest BCUT2D eigenvalue weighted by Gasteiger charge is 2.17. The van der Waals surface area contributed by atoms with Gasteiger partial charge in [0.2, 0.25) is 0 Å². The second-order valence-electron chi connectivity index (χ2n) is 6.42. The highest BCUT2D eigenvalue weighted by atomic mass is 16.1. The van der Waals surface area contributed by atoms with E-state index >= 15 is 0 Å². The van der Waals surface area contributed by atoms with Crippen LogP contribution < -0.4 is 0 Å². The summed E-state index contributed by atoms with van der Waals surface area (Å²) in [6.07, 6.45) is 0. The number of aromatic nitrogens is 1. The van der Waals surface area contributed by atoms with Crippen molar-refractivity contribution in [2.45, 2.75) is 13.8 Å². The van der Waals surface area contributed by atoms with Crippen LogP contribution >= 0.6 is 0 Å². The molecule has 0 amide bonds. The fourth-order valence-corrected chi connectivity index (χ4v) is 2.80. The van der Waals surface area contributed by atoms with Crippen molar-refractivity contribution in [3.8, 4) is 5.69 Å². The van der Waals surface area contributed by atoms with Crippen molar-refractivity contribution in [2.24, 2.45) is 0 Å². The normalized spacial score (nSPS) is 11.4. The van der Waals surface area contributed by atoms with Gasteiger partial charge in [0.05, 0.1) is 6.54 Å². The van der Waals surface area contributed by atoms with E-state index in [9.17, 15) is 4.79 Å². The lowest BCUT2D eigenvalue weighted by Crippen LogP contribution is -2.32. The van der Waals surface area contributed by atoms with E-state index in [4.69, 9.17) is 0 Å². The average Bonchev–Trinajstić information content (AvgIpc) is 2.81. The molecule has 0 N–H and O–H groups in total. The Labute approximate surface area is 139 Å². The SMILES string of the molecule is Cc1cc(C(=O)CN(C)CCN(C)C)c(C)n1-c1ccccc1. The smallest absolute Gasteiger partial charge is 0.178 e. The van der Waals surface area contributed by atoms with Crippen molar-refractivity contribution < 1.29 is 4.79 Å². The van der Waals surface area contributed by atoms with Crippen LogP contribution in [0.1, 0.15) is 21.7 Å². The lowest BCUT2D eigenvalue weighted by atomic mass is 10.1. The summed E-state index contributed by atoms with van der Waals surface area (Å²) in [6, 6.07) is 12.2. The molecule has 0 spiro atoms. The molecule has 0 aliphatic heterocycles. The number of para-hydroxylation sites is 1. The second kappa shape index (κ2) is 7.57. The summed E-state index contributed by atoms with van der Waals surface area (Å²) in [6.45, 7) is 6.36. The Kier molecular flexibility index (Phi) is 5.74. The van der Waals surface area contributed by atoms with E-state index in [1.54, 1.807) is 0 Å². The van der Waals surface area contributed by atoms with Gasteiger partial charge in [-0.05, 0) is 53.2 Å². The predicted molar refractivity (Wildman–Crippen MR) is 95.6 cm³/mol. The maximum absolute atomic E-state index is 12.6. The van der Waals surface area contributed by atoms with Crippen molar-refractivity contribution in [3.63, 3.8) is 0 Å². The number of Topliss-reactive ketones (excluding diaryl/α,β-unsaturated/α-hetero) is 1. The first-order chi connectivity index (χ1) is 10.9. The maximum Gasteiger partial charge on any atom is 0.178 e. The molecule has 1 aromatic heterocycles. The van der Waals surface area contributed by atoms with E-state index < -0.39 is 0 Å². The molecule has 2 rings (SSSR count). The van der Waals surface area contributed by atoms with Gasteiger partial charge in [-0.3, -0.25) is 9.69 Å². The molecule has 124 valence electrons. The summed E-state index contributed by atoms with van der Waals surface area (Å²) >= 11 is 0. The third-order valence-corrected chi connectivity index (χ3v) is 4.09. The number of carbonyl (C=O) groups excluding carboxylic acids is 1. The van der Waals surface area contributed by atoms with Crippen LogP contribution in [-0.4, -0.2) is 60.9 Å². The molecule has 4 nitrogen and oxygen atoms in total. The third-order valence-electron chi connectivity index (χ3n) is 4.09. The minimum atomic E-state index is 0.182. The number of rotatable bonds is 7. The Balaban J connectivity index is 2.16. The van der Waals surface area contributed by atoms with E-state index in [0.29, 0.717) is 6.54 Å². The first kappa shape index (κ1) is 17.4. The highest BCUT2D eigenvalue weighted by molar-refractivity contribution is 5.99. The zero-order valence-corrected chi connectivity index (χ0v) is 14.8. The molecule has 0 saturated carbocycles. The molecular weight excluding hydrogens is 286 g/mol. The standard InChI is InChI=1S/C19H27N3O/c1-15-13-18(19(23)14-21(5)12-11-20(3)4)16(2)22(15)17-9-7-6-8-10-17/h6-10,13H,11-12,14H2,1-5H3. The van der Waals surface area contributed by atoms with Gasteiger partial charge < -0.3 is 9.47 Å². The van der Waals surface area contributed by atoms with Gasteiger partial charge in [0, 0.05) is 35.7 Å². The molecular formula is C19H27N3O. The molecule has 1 aromatic carbocycles. The number of hydrogen-bond acceptors (Lipinski definition) is 3. The summed E-state index contributed by atoms with van der Waals surface area (Å²) in [5.74, 6) is 0.182. The molecule has 0 radical (unpaired) electrons. The average molecular weight is 313 g/mol. The summed E-state index contributed by atoms with van der Waals surface area (Å²) in [7, 11) is 6.09. The van der Waals surface area contributed by atoms with Crippen LogP contribution in [0.15, 0.2) is 36.4 Å². The molecule has 0 saturated heterocycles. The molecule has 0 aliphatic carbocycles. The highest BCUT2D eigenvalue weighted by Crippen LogP contribution is 2.21. The Morgan fingerprint density at radius 3 is 2.30 bits per heavy atom. The summed E-state index contributed by atoms with van der Waals surface area (Å²) in [4.78, 5) is 16.9. The van der Waals surface area contributed by atoms with Gasteiger partial charge in [0.25, 0.3) is 0 Å². The molecule has 1 heterocycles. The molecule has 0 fully saturated rings. The number of nitrogens with zero attached hydrogens (tertiary/aromatic N) is 3. The van der Waals surface area contributed by atoms with E-state index in [-0.39, 0.29) is 5.78 Å². The zero-order valence-electron chi connectivity index (χ0n) is 14.8. The van der Waals surface area contributed by atoms with Crippen molar-refractivity contribution in [3.05, 3.63) is 53.3 Å². The van der Waals surface area contributed by atoms with Crippen LogP contribution in [0.25, 0.3) is 5.69 Å². The molecule has 0 aliphatic rings. The van der Waals surface area contributed by atoms with Crippen molar-refractivity contribution in [1.82, 2.24) is 14.4 Å². The molecule has 0 atom stereocenters. The Morgan fingerprint density at radius 2 is 1.70 bits per heavy atom. The monoisotopic (exact) mass is 313 g/mol. The Morgan fingerprint density at radius 1 is 1.04 bits per heavy atom. The molecule has 23 heavy (non-hydrogen) atoms.